The van der Waals surface area contributed by atoms with Gasteiger partial charge in [0.2, 0.25) is 5.91 Å². The smallest absolute Gasteiger partial charge is 0.311 e. The highest BCUT2D eigenvalue weighted by Crippen LogP contribution is 2.32. The van der Waals surface area contributed by atoms with Gasteiger partial charge in [-0.05, 0) is 25.0 Å². The average molecular weight is 388 g/mol. The maximum Gasteiger partial charge on any atom is 0.311 e. The van der Waals surface area contributed by atoms with Crippen molar-refractivity contribution in [2.75, 3.05) is 31.7 Å². The number of likely N-dealkylation sites (tertiary alicyclic amines) is 1. The highest BCUT2D eigenvalue weighted by atomic mass is 16.6. The monoisotopic (exact) mass is 388 g/mol. The Kier molecular flexibility index (Phi) is 5.36. The Bertz CT molecular complexity index is 774. The molecule has 1 aromatic rings. The van der Waals surface area contributed by atoms with Crippen molar-refractivity contribution < 1.29 is 28.6 Å². The number of nitrogens with zero attached hydrogens (tertiary/aromatic N) is 1. The molecule has 150 valence electrons. The topological polar surface area (TPSA) is 94.2 Å². The lowest BCUT2D eigenvalue weighted by Gasteiger charge is -2.23. The van der Waals surface area contributed by atoms with Crippen LogP contribution in [0.1, 0.15) is 32.1 Å². The van der Waals surface area contributed by atoms with E-state index in [1.807, 2.05) is 4.90 Å². The zero-order valence-corrected chi connectivity index (χ0v) is 15.6. The highest BCUT2D eigenvalue weighted by Gasteiger charge is 2.39. The van der Waals surface area contributed by atoms with Crippen molar-refractivity contribution in [2.45, 2.75) is 38.1 Å². The Balaban J connectivity index is 1.25. The first-order valence-electron chi connectivity index (χ1n) is 9.76. The lowest BCUT2D eigenvalue weighted by molar-refractivity contribution is -0.151. The van der Waals surface area contributed by atoms with Crippen LogP contribution in [0.15, 0.2) is 18.2 Å². The Hall–Kier alpha value is -2.77. The second-order valence-corrected chi connectivity index (χ2v) is 7.40. The number of fused-ring (bicyclic) bond motifs is 1. The molecule has 1 saturated heterocycles. The van der Waals surface area contributed by atoms with Gasteiger partial charge in [-0.2, -0.15) is 0 Å². The fourth-order valence-corrected chi connectivity index (χ4v) is 4.03. The second-order valence-electron chi connectivity index (χ2n) is 7.40. The van der Waals surface area contributed by atoms with E-state index in [1.165, 1.54) is 0 Å². The van der Waals surface area contributed by atoms with E-state index in [0.29, 0.717) is 36.9 Å². The number of hydrogen-bond acceptors (Lipinski definition) is 6. The predicted octanol–water partition coefficient (Wildman–Crippen LogP) is 1.73. The molecule has 28 heavy (non-hydrogen) atoms. The van der Waals surface area contributed by atoms with Crippen molar-refractivity contribution in [1.82, 2.24) is 4.90 Å². The van der Waals surface area contributed by atoms with Crippen LogP contribution in [0.2, 0.25) is 0 Å². The van der Waals surface area contributed by atoms with E-state index >= 15 is 0 Å². The first-order valence-corrected chi connectivity index (χ1v) is 9.76. The average Bonchev–Trinajstić information content (AvgIpc) is 3.35. The Morgan fingerprint density at radius 3 is 2.68 bits per heavy atom. The minimum atomic E-state index is -0.494. The molecule has 1 atom stereocenters. The van der Waals surface area contributed by atoms with Gasteiger partial charge in [0.25, 0.3) is 5.91 Å². The lowest BCUT2D eigenvalue weighted by atomic mass is 10.1. The molecule has 0 unspecified atom stereocenters. The van der Waals surface area contributed by atoms with Crippen LogP contribution in [-0.2, 0) is 19.1 Å². The fourth-order valence-electron chi connectivity index (χ4n) is 4.03. The quantitative estimate of drug-likeness (QED) is 0.772. The van der Waals surface area contributed by atoms with Gasteiger partial charge < -0.3 is 24.4 Å². The van der Waals surface area contributed by atoms with E-state index in [2.05, 4.69) is 5.32 Å². The standard InChI is InChI=1S/C20H24N2O6/c23-18(21-14-5-6-16-17(10-14)27-8-7-26-16)12-28-20(25)13-9-19(24)22(11-13)15-3-1-2-4-15/h5-6,10,13,15H,1-4,7-9,11-12H2,(H,21,23)/t13-/m0/s1. The van der Waals surface area contributed by atoms with Crippen LogP contribution in [0.4, 0.5) is 5.69 Å². The van der Waals surface area contributed by atoms with E-state index < -0.39 is 17.8 Å². The molecule has 0 aromatic heterocycles. The zero-order valence-electron chi connectivity index (χ0n) is 15.6. The van der Waals surface area contributed by atoms with Crippen LogP contribution >= 0.6 is 0 Å². The molecular weight excluding hydrogens is 364 g/mol. The van der Waals surface area contributed by atoms with Gasteiger partial charge in [0.05, 0.1) is 5.92 Å². The first kappa shape index (κ1) is 18.6. The number of rotatable bonds is 5. The summed E-state index contributed by atoms with van der Waals surface area (Å²) in [6.07, 6.45) is 4.43. The summed E-state index contributed by atoms with van der Waals surface area (Å²) in [4.78, 5) is 38.4. The van der Waals surface area contributed by atoms with E-state index in [-0.39, 0.29) is 25.0 Å². The number of hydrogen-bond donors (Lipinski definition) is 1. The number of benzene rings is 1. The third-order valence-corrected chi connectivity index (χ3v) is 5.43. The maximum atomic E-state index is 12.3. The van der Waals surface area contributed by atoms with Crippen LogP contribution < -0.4 is 14.8 Å². The number of esters is 1. The molecule has 1 saturated carbocycles. The van der Waals surface area contributed by atoms with Gasteiger partial charge in [-0.3, -0.25) is 14.4 Å². The zero-order chi connectivity index (χ0) is 19.5. The number of anilines is 1. The lowest BCUT2D eigenvalue weighted by Crippen LogP contribution is -2.35. The van der Waals surface area contributed by atoms with Crippen LogP contribution in [0.3, 0.4) is 0 Å². The molecule has 2 aliphatic heterocycles. The molecule has 8 heteroatoms. The predicted molar refractivity (Wildman–Crippen MR) is 99.1 cm³/mol. The fraction of sp³-hybridized carbons (Fsp3) is 0.550. The summed E-state index contributed by atoms with van der Waals surface area (Å²) >= 11 is 0. The molecule has 1 aromatic carbocycles. The van der Waals surface area contributed by atoms with Crippen LogP contribution in [0, 0.1) is 5.92 Å². The first-order chi connectivity index (χ1) is 13.6. The van der Waals surface area contributed by atoms with E-state index in [1.54, 1.807) is 18.2 Å². The van der Waals surface area contributed by atoms with E-state index in [0.717, 1.165) is 25.7 Å². The molecule has 0 radical (unpaired) electrons. The molecule has 0 bridgehead atoms. The minimum absolute atomic E-state index is 0.00887. The van der Waals surface area contributed by atoms with Gasteiger partial charge in [0.15, 0.2) is 18.1 Å². The van der Waals surface area contributed by atoms with E-state index in [4.69, 9.17) is 14.2 Å². The second kappa shape index (κ2) is 8.08. The van der Waals surface area contributed by atoms with Crippen molar-refractivity contribution in [2.24, 2.45) is 5.92 Å². The molecule has 0 spiro atoms. The minimum Gasteiger partial charge on any atom is -0.486 e. The third kappa shape index (κ3) is 4.05. The molecule has 2 amide bonds. The molecule has 2 fully saturated rings. The molecule has 1 N–H and O–H groups in total. The SMILES string of the molecule is O=C(COC(=O)[C@H]1CC(=O)N(C2CCCC2)C1)Nc1ccc2c(c1)OCCO2. The maximum absolute atomic E-state index is 12.3. The molecule has 1 aliphatic carbocycles. The normalized spacial score (nSPS) is 21.6. The van der Waals surface area contributed by atoms with Crippen LogP contribution in [0.25, 0.3) is 0 Å². The van der Waals surface area contributed by atoms with Gasteiger partial charge in [-0.25, -0.2) is 0 Å². The number of carbonyl (C=O) groups is 3. The summed E-state index contributed by atoms with van der Waals surface area (Å²) in [5, 5.41) is 2.67. The Morgan fingerprint density at radius 2 is 1.89 bits per heavy atom. The van der Waals surface area contributed by atoms with Crippen molar-refractivity contribution in [3.05, 3.63) is 18.2 Å². The Labute approximate surface area is 163 Å². The third-order valence-electron chi connectivity index (χ3n) is 5.43. The Morgan fingerprint density at radius 1 is 1.14 bits per heavy atom. The van der Waals surface area contributed by atoms with Crippen molar-refractivity contribution in [3.8, 4) is 11.5 Å². The van der Waals surface area contributed by atoms with Gasteiger partial charge >= 0.3 is 5.97 Å². The molecule has 8 nitrogen and oxygen atoms in total. The van der Waals surface area contributed by atoms with Crippen molar-refractivity contribution in [1.29, 1.82) is 0 Å². The molecular formula is C20H24N2O6. The van der Waals surface area contributed by atoms with Crippen LogP contribution in [-0.4, -0.2) is 55.1 Å². The van der Waals surface area contributed by atoms with Gasteiger partial charge in [-0.15, -0.1) is 0 Å². The molecule has 3 aliphatic rings. The van der Waals surface area contributed by atoms with Crippen LogP contribution in [0.5, 0.6) is 11.5 Å². The number of ether oxygens (including phenoxy) is 3. The summed E-state index contributed by atoms with van der Waals surface area (Å²) < 4.78 is 16.1. The highest BCUT2D eigenvalue weighted by molar-refractivity contribution is 5.94. The summed E-state index contributed by atoms with van der Waals surface area (Å²) in [6, 6.07) is 5.34. The number of carbonyl (C=O) groups excluding carboxylic acids is 3. The van der Waals surface area contributed by atoms with Gasteiger partial charge in [0, 0.05) is 30.8 Å². The van der Waals surface area contributed by atoms with E-state index in [9.17, 15) is 14.4 Å². The van der Waals surface area contributed by atoms with Gasteiger partial charge in [0.1, 0.15) is 13.2 Å². The molecule has 2 heterocycles. The largest absolute Gasteiger partial charge is 0.486 e. The number of amides is 2. The van der Waals surface area contributed by atoms with Crippen molar-refractivity contribution >= 4 is 23.5 Å². The summed E-state index contributed by atoms with van der Waals surface area (Å²) in [5.74, 6) is -0.219. The summed E-state index contributed by atoms with van der Waals surface area (Å²) in [6.45, 7) is 0.962. The summed E-state index contributed by atoms with van der Waals surface area (Å²) in [7, 11) is 0. The summed E-state index contributed by atoms with van der Waals surface area (Å²) in [5.41, 5.74) is 0.536. The number of nitrogens with one attached hydrogen (secondary N) is 1. The molecule has 4 rings (SSSR count). The van der Waals surface area contributed by atoms with Gasteiger partial charge in [-0.1, -0.05) is 12.8 Å². The van der Waals surface area contributed by atoms with Crippen molar-refractivity contribution in [3.63, 3.8) is 0 Å².